The summed E-state index contributed by atoms with van der Waals surface area (Å²) in [6, 6.07) is 2.44. The summed E-state index contributed by atoms with van der Waals surface area (Å²) in [6.45, 7) is 0.697. The van der Waals surface area contributed by atoms with Gasteiger partial charge in [0.05, 0.1) is 11.7 Å². The van der Waals surface area contributed by atoms with Crippen molar-refractivity contribution >= 4 is 16.0 Å². The van der Waals surface area contributed by atoms with E-state index in [1.165, 1.54) is 16.4 Å². The minimum absolute atomic E-state index is 0.00179. The fourth-order valence-electron chi connectivity index (χ4n) is 3.18. The van der Waals surface area contributed by atoms with E-state index >= 15 is 0 Å². The normalized spacial score (nSPS) is 29.5. The van der Waals surface area contributed by atoms with Gasteiger partial charge in [0.1, 0.15) is 0 Å². The van der Waals surface area contributed by atoms with Gasteiger partial charge in [-0.05, 0) is 30.9 Å². The van der Waals surface area contributed by atoms with Gasteiger partial charge in [-0.25, -0.2) is 18.2 Å². The third-order valence-electron chi connectivity index (χ3n) is 4.37. The van der Waals surface area contributed by atoms with Gasteiger partial charge >= 0.3 is 5.97 Å². The Hall–Kier alpha value is -1.51. The van der Waals surface area contributed by atoms with Gasteiger partial charge in [0, 0.05) is 25.2 Å². The highest BCUT2D eigenvalue weighted by Crippen LogP contribution is 2.39. The van der Waals surface area contributed by atoms with Crippen LogP contribution in [0.3, 0.4) is 0 Å². The first-order valence-corrected chi connectivity index (χ1v) is 8.21. The average Bonchev–Trinajstić information content (AvgIpc) is 3.02. The molecular weight excluding hydrogens is 296 g/mol. The number of carboxylic acids is 1. The maximum Gasteiger partial charge on any atom is 0.337 e. The molecule has 3 rings (SSSR count). The van der Waals surface area contributed by atoms with Gasteiger partial charge in [0.2, 0.25) is 0 Å². The second-order valence-corrected chi connectivity index (χ2v) is 7.47. The Morgan fingerprint density at radius 3 is 2.62 bits per heavy atom. The Balaban J connectivity index is 1.83. The molecule has 2 heterocycles. The molecule has 0 amide bonds. The maximum atomic E-state index is 12.5. The third kappa shape index (κ3) is 2.43. The first-order valence-electron chi connectivity index (χ1n) is 6.77. The van der Waals surface area contributed by atoms with Crippen molar-refractivity contribution < 1.29 is 23.4 Å². The fourth-order valence-corrected chi connectivity index (χ4v) is 4.63. The van der Waals surface area contributed by atoms with Gasteiger partial charge in [-0.1, -0.05) is 0 Å². The average molecular weight is 312 g/mol. The Morgan fingerprint density at radius 1 is 1.29 bits per heavy atom. The van der Waals surface area contributed by atoms with Crippen LogP contribution in [0.15, 0.2) is 23.4 Å². The van der Waals surface area contributed by atoms with E-state index < -0.39 is 22.1 Å². The van der Waals surface area contributed by atoms with Crippen molar-refractivity contribution in [3.63, 3.8) is 0 Å². The second-order valence-electron chi connectivity index (χ2n) is 5.58. The van der Waals surface area contributed by atoms with Crippen LogP contribution in [0.25, 0.3) is 0 Å². The van der Waals surface area contributed by atoms with Crippen LogP contribution in [0.2, 0.25) is 0 Å². The van der Waals surface area contributed by atoms with Gasteiger partial charge in [0.25, 0.3) is 10.0 Å². The van der Waals surface area contributed by atoms with Crippen molar-refractivity contribution in [3.8, 4) is 0 Å². The molecule has 0 spiro atoms. The van der Waals surface area contributed by atoms with E-state index in [0.29, 0.717) is 13.1 Å². The van der Waals surface area contributed by atoms with Gasteiger partial charge in [0.15, 0.2) is 5.03 Å². The van der Waals surface area contributed by atoms with E-state index in [1.807, 2.05) is 0 Å². The van der Waals surface area contributed by atoms with Crippen LogP contribution in [0.5, 0.6) is 0 Å². The van der Waals surface area contributed by atoms with E-state index in [1.54, 1.807) is 0 Å². The highest BCUT2D eigenvalue weighted by Gasteiger charge is 2.46. The molecule has 1 aromatic heterocycles. The molecule has 0 aromatic carbocycles. The van der Waals surface area contributed by atoms with Crippen molar-refractivity contribution in [2.24, 2.45) is 11.8 Å². The molecule has 8 heteroatoms. The van der Waals surface area contributed by atoms with Crippen molar-refractivity contribution in [1.82, 2.24) is 9.29 Å². The van der Waals surface area contributed by atoms with Gasteiger partial charge in [-0.15, -0.1) is 0 Å². The SMILES string of the molecule is O=C(O)c1ccc(S(=O)(=O)N2CC3CCC(O)C3C2)nc1. The molecule has 21 heavy (non-hydrogen) atoms. The Bertz CT molecular complexity index is 658. The van der Waals surface area contributed by atoms with E-state index in [-0.39, 0.29) is 22.4 Å². The number of pyridine rings is 1. The lowest BCUT2D eigenvalue weighted by Crippen LogP contribution is -2.31. The number of aromatic carboxylic acids is 1. The van der Waals surface area contributed by atoms with Crippen LogP contribution < -0.4 is 0 Å². The molecule has 7 nitrogen and oxygen atoms in total. The zero-order valence-electron chi connectivity index (χ0n) is 11.2. The molecule has 2 fully saturated rings. The quantitative estimate of drug-likeness (QED) is 0.824. The number of aliphatic hydroxyl groups is 1. The van der Waals surface area contributed by atoms with Gasteiger partial charge < -0.3 is 10.2 Å². The molecule has 0 radical (unpaired) electrons. The lowest BCUT2D eigenvalue weighted by Gasteiger charge is -2.17. The third-order valence-corrected chi connectivity index (χ3v) is 6.12. The topological polar surface area (TPSA) is 108 Å². The summed E-state index contributed by atoms with van der Waals surface area (Å²) in [7, 11) is -3.73. The van der Waals surface area contributed by atoms with Crippen LogP contribution in [-0.2, 0) is 10.0 Å². The number of carboxylic acid groups (broad SMARTS) is 1. The maximum absolute atomic E-state index is 12.5. The minimum atomic E-state index is -3.73. The van der Waals surface area contributed by atoms with Crippen LogP contribution in [0.1, 0.15) is 23.2 Å². The van der Waals surface area contributed by atoms with Crippen LogP contribution in [0.4, 0.5) is 0 Å². The number of hydrogen-bond acceptors (Lipinski definition) is 5. The number of rotatable bonds is 3. The number of carbonyl (C=O) groups is 1. The molecule has 1 aromatic rings. The molecule has 1 saturated carbocycles. The molecule has 0 bridgehead atoms. The van der Waals surface area contributed by atoms with E-state index in [4.69, 9.17) is 5.11 Å². The number of nitrogens with zero attached hydrogens (tertiary/aromatic N) is 2. The summed E-state index contributed by atoms with van der Waals surface area (Å²) in [5.41, 5.74) is -0.0531. The summed E-state index contributed by atoms with van der Waals surface area (Å²) in [5, 5.41) is 18.5. The predicted molar refractivity (Wildman–Crippen MR) is 72.2 cm³/mol. The van der Waals surface area contributed by atoms with Crippen molar-refractivity contribution in [3.05, 3.63) is 23.9 Å². The minimum Gasteiger partial charge on any atom is -0.478 e. The lowest BCUT2D eigenvalue weighted by atomic mass is 10.00. The van der Waals surface area contributed by atoms with Crippen molar-refractivity contribution in [2.75, 3.05) is 13.1 Å². The molecule has 1 aliphatic carbocycles. The number of aliphatic hydroxyl groups excluding tert-OH is 1. The summed E-state index contributed by atoms with van der Waals surface area (Å²) in [5.74, 6) is -0.948. The van der Waals surface area contributed by atoms with E-state index in [0.717, 1.165) is 19.0 Å². The zero-order valence-corrected chi connectivity index (χ0v) is 12.0. The highest BCUT2D eigenvalue weighted by atomic mass is 32.2. The Labute approximate surface area is 122 Å². The molecular formula is C13H16N2O5S. The smallest absolute Gasteiger partial charge is 0.337 e. The first kappa shape index (κ1) is 14.4. The molecule has 114 valence electrons. The number of fused-ring (bicyclic) bond motifs is 1. The zero-order chi connectivity index (χ0) is 15.2. The summed E-state index contributed by atoms with van der Waals surface area (Å²) >= 11 is 0. The number of sulfonamides is 1. The van der Waals surface area contributed by atoms with E-state index in [9.17, 15) is 18.3 Å². The lowest BCUT2D eigenvalue weighted by molar-refractivity contribution is 0.0696. The van der Waals surface area contributed by atoms with Gasteiger partial charge in [-0.3, -0.25) is 0 Å². The molecule has 1 aliphatic heterocycles. The van der Waals surface area contributed by atoms with Crippen LogP contribution >= 0.6 is 0 Å². The van der Waals surface area contributed by atoms with Crippen molar-refractivity contribution in [2.45, 2.75) is 24.0 Å². The molecule has 2 aliphatic rings. The molecule has 3 unspecified atom stereocenters. The van der Waals surface area contributed by atoms with Crippen LogP contribution in [-0.4, -0.2) is 53.1 Å². The Morgan fingerprint density at radius 2 is 2.05 bits per heavy atom. The second kappa shape index (κ2) is 5.04. The first-order chi connectivity index (χ1) is 9.89. The summed E-state index contributed by atoms with van der Waals surface area (Å²) in [4.78, 5) is 14.5. The standard InChI is InChI=1S/C13H16N2O5S/c16-11-3-1-9-6-15(7-10(9)11)21(19,20)12-4-2-8(5-14-12)13(17)18/h2,4-5,9-11,16H,1,3,6-7H2,(H,17,18). The summed E-state index contributed by atoms with van der Waals surface area (Å²) < 4.78 is 26.3. The molecule has 1 saturated heterocycles. The largest absolute Gasteiger partial charge is 0.478 e. The Kier molecular flexibility index (Phi) is 3.46. The monoisotopic (exact) mass is 312 g/mol. The fraction of sp³-hybridized carbons (Fsp3) is 0.538. The van der Waals surface area contributed by atoms with Gasteiger partial charge in [-0.2, -0.15) is 4.31 Å². The number of aromatic nitrogens is 1. The number of hydrogen-bond donors (Lipinski definition) is 2. The van der Waals surface area contributed by atoms with Crippen LogP contribution in [0, 0.1) is 11.8 Å². The molecule has 2 N–H and O–H groups in total. The van der Waals surface area contributed by atoms with E-state index in [2.05, 4.69) is 4.98 Å². The predicted octanol–water partition coefficient (Wildman–Crippen LogP) is 0.171. The molecule has 3 atom stereocenters. The summed E-state index contributed by atoms with van der Waals surface area (Å²) in [6.07, 6.45) is 2.18. The van der Waals surface area contributed by atoms with Crippen molar-refractivity contribution in [1.29, 1.82) is 0 Å². The highest BCUT2D eigenvalue weighted by molar-refractivity contribution is 7.89.